The zero-order chi connectivity index (χ0) is 20.5. The first-order valence-corrected chi connectivity index (χ1v) is 9.49. The van der Waals surface area contributed by atoms with Gasteiger partial charge < -0.3 is 9.84 Å². The van der Waals surface area contributed by atoms with Crippen molar-refractivity contribution in [1.29, 1.82) is 0 Å². The number of rotatable bonds is 6. The number of carbonyl (C=O) groups is 2. The number of quaternary nitrogens is 1. The fourth-order valence-corrected chi connectivity index (χ4v) is 4.00. The molecule has 1 unspecified atom stereocenters. The Balaban J connectivity index is 2.27. The quantitative estimate of drug-likeness (QED) is 0.532. The highest BCUT2D eigenvalue weighted by Crippen LogP contribution is 2.43. The van der Waals surface area contributed by atoms with E-state index in [1.807, 2.05) is 18.2 Å². The molecule has 3 rings (SSSR count). The molecule has 1 heterocycles. The highest BCUT2D eigenvalue weighted by molar-refractivity contribution is 9.10. The first kappa shape index (κ1) is 20.4. The minimum absolute atomic E-state index is 0.190. The summed E-state index contributed by atoms with van der Waals surface area (Å²) in [7, 11) is 1.53. The first-order valence-electron chi connectivity index (χ1n) is 8.70. The van der Waals surface area contributed by atoms with Crippen molar-refractivity contribution >= 4 is 39.1 Å². The summed E-state index contributed by atoms with van der Waals surface area (Å²) in [4.78, 5) is 25.5. The number of fused-ring (bicyclic) bond motifs is 1. The van der Waals surface area contributed by atoms with Crippen molar-refractivity contribution in [3.63, 3.8) is 0 Å². The van der Waals surface area contributed by atoms with Crippen molar-refractivity contribution in [2.75, 3.05) is 20.3 Å². The summed E-state index contributed by atoms with van der Waals surface area (Å²) >= 11 is 3.45. The Morgan fingerprint density at radius 2 is 1.89 bits per heavy atom. The topological polar surface area (TPSA) is 63.6 Å². The van der Waals surface area contributed by atoms with Gasteiger partial charge in [-0.1, -0.05) is 28.1 Å². The predicted octanol–water partition coefficient (Wildman–Crippen LogP) is 4.14. The van der Waals surface area contributed by atoms with Crippen LogP contribution in [-0.2, 0) is 20.9 Å². The average Bonchev–Trinajstić information content (AvgIpc) is 2.65. The highest BCUT2D eigenvalue weighted by Gasteiger charge is 2.49. The number of halogens is 2. The van der Waals surface area contributed by atoms with Gasteiger partial charge in [0.15, 0.2) is 5.57 Å². The van der Waals surface area contributed by atoms with E-state index in [2.05, 4.69) is 15.9 Å². The second kappa shape index (κ2) is 7.95. The van der Waals surface area contributed by atoms with E-state index < -0.39 is 11.9 Å². The fourth-order valence-electron chi connectivity index (χ4n) is 3.65. The van der Waals surface area contributed by atoms with Crippen molar-refractivity contribution in [2.24, 2.45) is 0 Å². The molecule has 0 spiro atoms. The molecule has 0 saturated carbocycles. The molecule has 5 nitrogen and oxygen atoms in total. The molecule has 1 aliphatic rings. The molecule has 1 amide bonds. The zero-order valence-electron chi connectivity index (χ0n) is 15.5. The van der Waals surface area contributed by atoms with E-state index in [1.165, 1.54) is 19.2 Å². The molecule has 1 N–H and O–H groups in total. The Morgan fingerprint density at radius 1 is 1.21 bits per heavy atom. The lowest BCUT2D eigenvalue weighted by Gasteiger charge is -2.39. The molecular weight excluding hydrogens is 429 g/mol. The maximum atomic E-state index is 13.5. The van der Waals surface area contributed by atoms with Crippen LogP contribution >= 0.6 is 15.9 Å². The van der Waals surface area contributed by atoms with Crippen LogP contribution in [0.2, 0.25) is 0 Å². The standard InChI is InChI=1S/C21H19BrFNO4/c1-13-17-8-5-15(22)11-18(17)24(9-10-28-2,20(25)19(13)21(26)27)12-14-3-6-16(23)7-4-14/h3-8,11H,9-10,12H2,1-2H3/p+1. The molecule has 2 aromatic rings. The van der Waals surface area contributed by atoms with Gasteiger partial charge in [-0.25, -0.2) is 18.5 Å². The minimum Gasteiger partial charge on any atom is -0.477 e. The van der Waals surface area contributed by atoms with Crippen LogP contribution in [0.5, 0.6) is 0 Å². The molecule has 146 valence electrons. The van der Waals surface area contributed by atoms with Gasteiger partial charge in [0.25, 0.3) is 0 Å². The molecule has 1 aliphatic heterocycles. The lowest BCUT2D eigenvalue weighted by Crippen LogP contribution is -2.58. The van der Waals surface area contributed by atoms with Crippen LogP contribution in [-0.4, -0.2) is 37.2 Å². The Hall–Kier alpha value is -2.35. The van der Waals surface area contributed by atoms with Crippen molar-refractivity contribution < 1.29 is 23.8 Å². The number of carboxylic acids is 1. The number of hydrogen-bond donors (Lipinski definition) is 1. The number of amides is 1. The normalized spacial score (nSPS) is 18.9. The summed E-state index contributed by atoms with van der Waals surface area (Å²) in [5.74, 6) is -2.13. The second-order valence-corrected chi connectivity index (χ2v) is 7.66. The molecule has 0 saturated heterocycles. The van der Waals surface area contributed by atoms with Gasteiger partial charge >= 0.3 is 11.9 Å². The van der Waals surface area contributed by atoms with Crippen molar-refractivity contribution in [2.45, 2.75) is 13.5 Å². The lowest BCUT2D eigenvalue weighted by molar-refractivity contribution is -0.137. The smallest absolute Gasteiger partial charge is 0.359 e. The number of carboxylic acid groups (broad SMARTS) is 1. The predicted molar refractivity (Wildman–Crippen MR) is 108 cm³/mol. The van der Waals surface area contributed by atoms with Gasteiger partial charge in [0.1, 0.15) is 24.6 Å². The summed E-state index contributed by atoms with van der Waals surface area (Å²) in [6.45, 7) is 2.34. The lowest BCUT2D eigenvalue weighted by atomic mass is 9.91. The Labute approximate surface area is 170 Å². The summed E-state index contributed by atoms with van der Waals surface area (Å²) in [5, 5.41) is 9.74. The first-order chi connectivity index (χ1) is 13.3. The van der Waals surface area contributed by atoms with Crippen LogP contribution in [0.4, 0.5) is 10.1 Å². The Morgan fingerprint density at radius 3 is 2.50 bits per heavy atom. The van der Waals surface area contributed by atoms with E-state index >= 15 is 0 Å². The van der Waals surface area contributed by atoms with Crippen molar-refractivity contribution in [1.82, 2.24) is 4.48 Å². The molecule has 28 heavy (non-hydrogen) atoms. The van der Waals surface area contributed by atoms with Crippen molar-refractivity contribution in [3.8, 4) is 0 Å². The fraction of sp³-hybridized carbons (Fsp3) is 0.238. The number of methoxy groups -OCH3 is 1. The molecule has 1 atom stereocenters. The third-order valence-electron chi connectivity index (χ3n) is 5.06. The summed E-state index contributed by atoms with van der Waals surface area (Å²) in [6, 6.07) is 11.4. The summed E-state index contributed by atoms with van der Waals surface area (Å²) < 4.78 is 19.1. The van der Waals surface area contributed by atoms with Gasteiger partial charge in [-0.15, -0.1) is 0 Å². The zero-order valence-corrected chi connectivity index (χ0v) is 17.1. The van der Waals surface area contributed by atoms with Gasteiger partial charge in [-0.3, -0.25) is 0 Å². The molecule has 0 radical (unpaired) electrons. The van der Waals surface area contributed by atoms with E-state index in [0.29, 0.717) is 16.8 Å². The van der Waals surface area contributed by atoms with Gasteiger partial charge in [0.2, 0.25) is 0 Å². The van der Waals surface area contributed by atoms with Gasteiger partial charge in [0.05, 0.1) is 6.61 Å². The number of hydrogen-bond acceptors (Lipinski definition) is 3. The van der Waals surface area contributed by atoms with E-state index in [0.717, 1.165) is 10.0 Å². The third-order valence-corrected chi connectivity index (χ3v) is 5.55. The van der Waals surface area contributed by atoms with E-state index in [-0.39, 0.29) is 35.6 Å². The number of allylic oxidation sites excluding steroid dienone is 1. The third kappa shape index (κ3) is 3.53. The molecule has 0 aromatic heterocycles. The number of nitrogens with zero attached hydrogens (tertiary/aromatic N) is 1. The maximum Gasteiger partial charge on any atom is 0.359 e. The van der Waals surface area contributed by atoms with Crippen LogP contribution in [0, 0.1) is 5.82 Å². The molecular formula is C21H20BrFNO4+. The molecule has 0 fully saturated rings. The van der Waals surface area contributed by atoms with Crippen LogP contribution in [0.3, 0.4) is 0 Å². The number of carbonyl (C=O) groups excluding carboxylic acids is 1. The summed E-state index contributed by atoms with van der Waals surface area (Å²) in [6.07, 6.45) is 0. The molecule has 2 aromatic carbocycles. The van der Waals surface area contributed by atoms with Crippen LogP contribution in [0.15, 0.2) is 52.5 Å². The monoisotopic (exact) mass is 448 g/mol. The van der Waals surface area contributed by atoms with Gasteiger partial charge in [-0.05, 0) is 36.8 Å². The Bertz CT molecular complexity index is 971. The maximum absolute atomic E-state index is 13.5. The van der Waals surface area contributed by atoms with Gasteiger partial charge in [0, 0.05) is 28.8 Å². The SMILES string of the molecule is COCC[N+]1(Cc2ccc(F)cc2)C(=O)C(C(=O)O)=C(C)c2ccc(Br)cc21. The molecule has 7 heteroatoms. The molecule has 0 aliphatic carbocycles. The van der Waals surface area contributed by atoms with E-state index in [1.54, 1.807) is 19.1 Å². The largest absolute Gasteiger partial charge is 0.477 e. The number of aliphatic carboxylic acids is 1. The minimum atomic E-state index is -1.25. The molecule has 0 bridgehead atoms. The highest BCUT2D eigenvalue weighted by atomic mass is 79.9. The number of ether oxygens (including phenoxy) is 1. The van der Waals surface area contributed by atoms with E-state index in [4.69, 9.17) is 4.74 Å². The summed E-state index contributed by atoms with van der Waals surface area (Å²) in [5.41, 5.74) is 2.33. The van der Waals surface area contributed by atoms with Crippen LogP contribution in [0.25, 0.3) is 5.57 Å². The number of benzene rings is 2. The van der Waals surface area contributed by atoms with Crippen molar-refractivity contribution in [3.05, 3.63) is 69.5 Å². The average molecular weight is 449 g/mol. The van der Waals surface area contributed by atoms with Gasteiger partial charge in [-0.2, -0.15) is 0 Å². The Kier molecular flexibility index (Phi) is 5.79. The van der Waals surface area contributed by atoms with Crippen LogP contribution < -0.4 is 4.48 Å². The van der Waals surface area contributed by atoms with E-state index in [9.17, 15) is 19.1 Å². The van der Waals surface area contributed by atoms with Crippen LogP contribution in [0.1, 0.15) is 18.1 Å². The second-order valence-electron chi connectivity index (χ2n) is 6.74.